The number of aryl methyl sites for hydroxylation is 1. The Hall–Kier alpha value is -3.52. The lowest BCUT2D eigenvalue weighted by molar-refractivity contribution is -0.122. The maximum Gasteiger partial charge on any atom is 0.265 e. The van der Waals surface area contributed by atoms with E-state index < -0.39 is 16.1 Å². The first kappa shape index (κ1) is 23.1. The standard InChI is InChI=1S/C24H26N2O5S/c1-4-23(31-21-7-5-6-20(16-21)30-3)24(27)25-18-12-14-22(15-13-18)32(28,29)26-19-10-8-17(2)9-11-19/h5-16,23,26H,4H2,1-3H3,(H,25,27)/t23-/m0/s1. The number of carbonyl (C=O) groups is 1. The van der Waals surface area contributed by atoms with Crippen LogP contribution in [0.1, 0.15) is 18.9 Å². The maximum atomic E-state index is 12.7. The van der Waals surface area contributed by atoms with Gasteiger partial charge in [0.1, 0.15) is 11.5 Å². The lowest BCUT2D eigenvalue weighted by atomic mass is 10.2. The van der Waals surface area contributed by atoms with Gasteiger partial charge in [0.15, 0.2) is 6.10 Å². The summed E-state index contributed by atoms with van der Waals surface area (Å²) in [5.74, 6) is 0.826. The van der Waals surface area contributed by atoms with Crippen molar-refractivity contribution in [2.45, 2.75) is 31.3 Å². The molecule has 0 unspecified atom stereocenters. The summed E-state index contributed by atoms with van der Waals surface area (Å²) in [7, 11) is -2.18. The van der Waals surface area contributed by atoms with E-state index >= 15 is 0 Å². The fourth-order valence-electron chi connectivity index (χ4n) is 2.94. The van der Waals surface area contributed by atoms with Gasteiger partial charge in [0.25, 0.3) is 15.9 Å². The number of ether oxygens (including phenoxy) is 2. The zero-order valence-corrected chi connectivity index (χ0v) is 19.0. The molecule has 0 aliphatic heterocycles. The van der Waals surface area contributed by atoms with Crippen molar-refractivity contribution in [2.24, 2.45) is 0 Å². The second kappa shape index (κ2) is 10.2. The van der Waals surface area contributed by atoms with Crippen molar-refractivity contribution in [3.8, 4) is 11.5 Å². The number of methoxy groups -OCH3 is 1. The van der Waals surface area contributed by atoms with E-state index in [1.54, 1.807) is 55.6 Å². The second-order valence-electron chi connectivity index (χ2n) is 7.18. The van der Waals surface area contributed by atoms with E-state index in [9.17, 15) is 13.2 Å². The molecule has 32 heavy (non-hydrogen) atoms. The smallest absolute Gasteiger partial charge is 0.265 e. The molecule has 0 saturated carbocycles. The molecule has 0 heterocycles. The van der Waals surface area contributed by atoms with E-state index in [4.69, 9.17) is 9.47 Å². The molecule has 0 aliphatic carbocycles. The number of rotatable bonds is 9. The summed E-state index contributed by atoms with van der Waals surface area (Å²) in [6, 6.07) is 20.0. The number of hydrogen-bond acceptors (Lipinski definition) is 5. The zero-order chi connectivity index (χ0) is 23.1. The van der Waals surface area contributed by atoms with Crippen molar-refractivity contribution in [1.82, 2.24) is 0 Å². The lowest BCUT2D eigenvalue weighted by Crippen LogP contribution is -2.32. The quantitative estimate of drug-likeness (QED) is 0.493. The van der Waals surface area contributed by atoms with Crippen LogP contribution in [0.25, 0.3) is 0 Å². The van der Waals surface area contributed by atoms with Crippen LogP contribution in [0, 0.1) is 6.92 Å². The van der Waals surface area contributed by atoms with Crippen LogP contribution in [0.5, 0.6) is 11.5 Å². The van der Waals surface area contributed by atoms with Gasteiger partial charge in [0.2, 0.25) is 0 Å². The Morgan fingerprint density at radius 3 is 2.19 bits per heavy atom. The van der Waals surface area contributed by atoms with Crippen LogP contribution in [-0.4, -0.2) is 27.5 Å². The first-order chi connectivity index (χ1) is 15.3. The van der Waals surface area contributed by atoms with Crippen LogP contribution in [0.2, 0.25) is 0 Å². The Morgan fingerprint density at radius 2 is 1.56 bits per heavy atom. The molecule has 3 aromatic carbocycles. The molecule has 3 aromatic rings. The average Bonchev–Trinajstić information content (AvgIpc) is 2.79. The van der Waals surface area contributed by atoms with E-state index in [0.29, 0.717) is 29.3 Å². The Kier molecular flexibility index (Phi) is 7.37. The molecule has 1 amide bonds. The molecular weight excluding hydrogens is 428 g/mol. The first-order valence-corrected chi connectivity index (χ1v) is 11.6. The van der Waals surface area contributed by atoms with Gasteiger partial charge in [-0.15, -0.1) is 0 Å². The van der Waals surface area contributed by atoms with Gasteiger partial charge in [0.05, 0.1) is 12.0 Å². The van der Waals surface area contributed by atoms with Crippen molar-refractivity contribution in [1.29, 1.82) is 0 Å². The average molecular weight is 455 g/mol. The summed E-state index contributed by atoms with van der Waals surface area (Å²) in [6.45, 7) is 3.77. The fourth-order valence-corrected chi connectivity index (χ4v) is 4.00. The molecule has 0 spiro atoms. The molecule has 0 aromatic heterocycles. The largest absolute Gasteiger partial charge is 0.497 e. The molecule has 2 N–H and O–H groups in total. The third-order valence-electron chi connectivity index (χ3n) is 4.72. The highest BCUT2D eigenvalue weighted by atomic mass is 32.2. The number of sulfonamides is 1. The minimum absolute atomic E-state index is 0.0933. The summed E-state index contributed by atoms with van der Waals surface area (Å²) in [4.78, 5) is 12.7. The number of carbonyl (C=O) groups excluding carboxylic acids is 1. The van der Waals surface area contributed by atoms with Gasteiger partial charge in [0, 0.05) is 17.4 Å². The van der Waals surface area contributed by atoms with E-state index in [0.717, 1.165) is 5.56 Å². The Morgan fingerprint density at radius 1 is 0.938 bits per heavy atom. The van der Waals surface area contributed by atoms with Crippen LogP contribution in [-0.2, 0) is 14.8 Å². The normalized spacial score (nSPS) is 12.0. The molecule has 0 bridgehead atoms. The van der Waals surface area contributed by atoms with Gasteiger partial charge < -0.3 is 14.8 Å². The molecule has 0 radical (unpaired) electrons. The summed E-state index contributed by atoms with van der Waals surface area (Å²) in [6.07, 6.45) is -0.260. The van der Waals surface area contributed by atoms with Crippen molar-refractivity contribution >= 4 is 27.3 Å². The van der Waals surface area contributed by atoms with Gasteiger partial charge in [-0.2, -0.15) is 0 Å². The predicted octanol–water partition coefficient (Wildman–Crippen LogP) is 4.60. The lowest BCUT2D eigenvalue weighted by Gasteiger charge is -2.18. The van der Waals surface area contributed by atoms with Crippen molar-refractivity contribution in [3.05, 3.63) is 78.4 Å². The fraction of sp³-hybridized carbons (Fsp3) is 0.208. The summed E-state index contributed by atoms with van der Waals surface area (Å²) in [5, 5.41) is 2.77. The molecule has 0 saturated heterocycles. The van der Waals surface area contributed by atoms with E-state index in [1.165, 1.54) is 12.1 Å². The number of nitrogens with one attached hydrogen (secondary N) is 2. The van der Waals surface area contributed by atoms with Gasteiger partial charge in [-0.05, 0) is 61.9 Å². The van der Waals surface area contributed by atoms with E-state index in [2.05, 4.69) is 10.0 Å². The highest BCUT2D eigenvalue weighted by molar-refractivity contribution is 7.92. The van der Waals surface area contributed by atoms with Crippen LogP contribution >= 0.6 is 0 Å². The van der Waals surface area contributed by atoms with Crippen LogP contribution in [0.15, 0.2) is 77.7 Å². The molecule has 7 nitrogen and oxygen atoms in total. The van der Waals surface area contributed by atoms with Gasteiger partial charge in [-0.25, -0.2) is 8.42 Å². The number of amides is 1. The Bertz CT molecular complexity index is 1160. The van der Waals surface area contributed by atoms with Gasteiger partial charge in [-0.3, -0.25) is 9.52 Å². The van der Waals surface area contributed by atoms with Crippen LogP contribution < -0.4 is 19.5 Å². The van der Waals surface area contributed by atoms with Gasteiger partial charge >= 0.3 is 0 Å². The summed E-state index contributed by atoms with van der Waals surface area (Å²) < 4.78 is 38.7. The van der Waals surface area contributed by atoms with Crippen molar-refractivity contribution < 1.29 is 22.7 Å². The second-order valence-corrected chi connectivity index (χ2v) is 8.86. The molecule has 168 valence electrons. The summed E-state index contributed by atoms with van der Waals surface area (Å²) in [5.41, 5.74) is 1.99. The highest BCUT2D eigenvalue weighted by Crippen LogP contribution is 2.22. The Labute approximate surface area is 188 Å². The maximum absolute atomic E-state index is 12.7. The number of anilines is 2. The molecule has 3 rings (SSSR count). The van der Waals surface area contributed by atoms with Crippen LogP contribution in [0.3, 0.4) is 0 Å². The first-order valence-electron chi connectivity index (χ1n) is 10.1. The van der Waals surface area contributed by atoms with E-state index in [1.807, 2.05) is 26.0 Å². The minimum Gasteiger partial charge on any atom is -0.497 e. The number of hydrogen-bond donors (Lipinski definition) is 2. The molecule has 0 fully saturated rings. The third kappa shape index (κ3) is 6.01. The molecular formula is C24H26N2O5S. The van der Waals surface area contributed by atoms with E-state index in [-0.39, 0.29) is 10.8 Å². The third-order valence-corrected chi connectivity index (χ3v) is 6.12. The SMILES string of the molecule is CC[C@H](Oc1cccc(OC)c1)C(=O)Nc1ccc(S(=O)(=O)Nc2ccc(C)cc2)cc1. The van der Waals surface area contributed by atoms with Gasteiger partial charge in [-0.1, -0.05) is 30.7 Å². The van der Waals surface area contributed by atoms with Crippen molar-refractivity contribution in [2.75, 3.05) is 17.1 Å². The Balaban J connectivity index is 1.65. The minimum atomic E-state index is -3.74. The monoisotopic (exact) mass is 454 g/mol. The molecule has 8 heteroatoms. The zero-order valence-electron chi connectivity index (χ0n) is 18.2. The predicted molar refractivity (Wildman–Crippen MR) is 125 cm³/mol. The summed E-state index contributed by atoms with van der Waals surface area (Å²) >= 11 is 0. The molecule has 0 aliphatic rings. The highest BCUT2D eigenvalue weighted by Gasteiger charge is 2.20. The molecule has 1 atom stereocenters. The van der Waals surface area contributed by atoms with Crippen molar-refractivity contribution in [3.63, 3.8) is 0 Å². The number of benzene rings is 3. The topological polar surface area (TPSA) is 93.7 Å². The van der Waals surface area contributed by atoms with Crippen LogP contribution in [0.4, 0.5) is 11.4 Å².